The molecule has 19 heavy (non-hydrogen) atoms. The minimum absolute atomic E-state index is 0.0601. The maximum Gasteiger partial charge on any atom is 0.390 e. The molecule has 7 heteroatoms. The van der Waals surface area contributed by atoms with Crippen LogP contribution >= 0.6 is 0 Å². The average Bonchev–Trinajstić information content (AvgIpc) is 2.66. The van der Waals surface area contributed by atoms with Crippen LogP contribution in [-0.4, -0.2) is 39.4 Å². The van der Waals surface area contributed by atoms with Crippen LogP contribution in [0.4, 0.5) is 13.2 Å². The Balaban J connectivity index is 2.06. The normalized spacial score (nSPS) is 16.2. The molecular weight excluding hydrogens is 259 g/mol. The van der Waals surface area contributed by atoms with Crippen LogP contribution in [-0.2, 0) is 7.05 Å². The number of nitrogens with zero attached hydrogens (tertiary/aromatic N) is 3. The van der Waals surface area contributed by atoms with Crippen LogP contribution in [0, 0.1) is 0 Å². The van der Waals surface area contributed by atoms with Gasteiger partial charge in [0.1, 0.15) is 0 Å². The third-order valence-corrected chi connectivity index (χ3v) is 3.36. The lowest BCUT2D eigenvalue weighted by Crippen LogP contribution is -2.45. The summed E-state index contributed by atoms with van der Waals surface area (Å²) in [6, 6.07) is -0.0601. The van der Waals surface area contributed by atoms with E-state index in [0.717, 1.165) is 19.3 Å². The molecule has 0 spiro atoms. The van der Waals surface area contributed by atoms with Crippen LogP contribution in [0.3, 0.4) is 0 Å². The van der Waals surface area contributed by atoms with Crippen molar-refractivity contribution >= 4 is 5.91 Å². The minimum Gasteiger partial charge on any atom is -0.335 e. The van der Waals surface area contributed by atoms with E-state index in [-0.39, 0.29) is 18.5 Å². The van der Waals surface area contributed by atoms with Crippen LogP contribution < -0.4 is 0 Å². The molecule has 106 valence electrons. The number of aryl methyl sites for hydroxylation is 1. The second kappa shape index (κ2) is 5.22. The van der Waals surface area contributed by atoms with Gasteiger partial charge in [0.2, 0.25) is 0 Å². The summed E-state index contributed by atoms with van der Waals surface area (Å²) in [5, 5.41) is 3.88. The number of carbonyl (C=O) groups excluding carboxylic acids is 1. The van der Waals surface area contributed by atoms with Crippen molar-refractivity contribution in [3.8, 4) is 0 Å². The Morgan fingerprint density at radius 2 is 2.21 bits per heavy atom. The molecule has 0 bridgehead atoms. The van der Waals surface area contributed by atoms with E-state index in [0.29, 0.717) is 5.56 Å². The Hall–Kier alpha value is -1.53. The summed E-state index contributed by atoms with van der Waals surface area (Å²) in [7, 11) is 1.67. The highest BCUT2D eigenvalue weighted by Crippen LogP contribution is 2.28. The zero-order valence-corrected chi connectivity index (χ0v) is 10.7. The van der Waals surface area contributed by atoms with Gasteiger partial charge >= 0.3 is 6.18 Å². The van der Waals surface area contributed by atoms with Crippen molar-refractivity contribution in [2.75, 3.05) is 6.54 Å². The summed E-state index contributed by atoms with van der Waals surface area (Å²) >= 11 is 0. The number of hydrogen-bond donors (Lipinski definition) is 0. The fraction of sp³-hybridized carbons (Fsp3) is 0.667. The topological polar surface area (TPSA) is 38.1 Å². The Bertz CT molecular complexity index is 451. The zero-order chi connectivity index (χ0) is 14.0. The number of amides is 1. The molecule has 1 aromatic rings. The van der Waals surface area contributed by atoms with E-state index in [2.05, 4.69) is 5.10 Å². The van der Waals surface area contributed by atoms with E-state index in [1.807, 2.05) is 0 Å². The van der Waals surface area contributed by atoms with Crippen molar-refractivity contribution in [3.63, 3.8) is 0 Å². The minimum atomic E-state index is -4.24. The van der Waals surface area contributed by atoms with Crippen molar-refractivity contribution in [2.24, 2.45) is 7.05 Å². The highest BCUT2D eigenvalue weighted by Gasteiger charge is 2.34. The smallest absolute Gasteiger partial charge is 0.335 e. The van der Waals surface area contributed by atoms with E-state index in [9.17, 15) is 18.0 Å². The maximum atomic E-state index is 12.3. The van der Waals surface area contributed by atoms with Crippen LogP contribution in [0.15, 0.2) is 12.4 Å². The molecule has 2 rings (SSSR count). The lowest BCUT2D eigenvalue weighted by molar-refractivity contribution is -0.138. The quantitative estimate of drug-likeness (QED) is 0.846. The molecule has 1 aromatic heterocycles. The van der Waals surface area contributed by atoms with Gasteiger partial charge in [0, 0.05) is 25.8 Å². The third kappa shape index (κ3) is 3.48. The van der Waals surface area contributed by atoms with Gasteiger partial charge in [-0.05, 0) is 19.3 Å². The number of hydrogen-bond acceptors (Lipinski definition) is 2. The van der Waals surface area contributed by atoms with Crippen LogP contribution in [0.25, 0.3) is 0 Å². The highest BCUT2D eigenvalue weighted by atomic mass is 19.4. The monoisotopic (exact) mass is 275 g/mol. The van der Waals surface area contributed by atoms with Crippen LogP contribution in [0.1, 0.15) is 36.0 Å². The largest absolute Gasteiger partial charge is 0.390 e. The van der Waals surface area contributed by atoms with E-state index in [1.54, 1.807) is 7.05 Å². The third-order valence-electron chi connectivity index (χ3n) is 3.36. The molecule has 0 radical (unpaired) electrons. The molecule has 1 fully saturated rings. The van der Waals surface area contributed by atoms with Gasteiger partial charge in [0.25, 0.3) is 5.91 Å². The molecule has 1 amide bonds. The van der Waals surface area contributed by atoms with Crippen molar-refractivity contribution in [1.82, 2.24) is 14.7 Å². The molecule has 1 heterocycles. The second-order valence-corrected chi connectivity index (χ2v) is 4.85. The Morgan fingerprint density at radius 3 is 2.63 bits per heavy atom. The van der Waals surface area contributed by atoms with E-state index in [1.165, 1.54) is 22.0 Å². The van der Waals surface area contributed by atoms with Crippen LogP contribution in [0.5, 0.6) is 0 Å². The summed E-state index contributed by atoms with van der Waals surface area (Å²) in [4.78, 5) is 13.6. The first-order valence-electron chi connectivity index (χ1n) is 6.23. The molecular formula is C12H16F3N3O. The first kappa shape index (κ1) is 13.9. The molecule has 1 aliphatic rings. The van der Waals surface area contributed by atoms with Gasteiger partial charge in [0.05, 0.1) is 18.2 Å². The molecule has 0 N–H and O–H groups in total. The molecule has 0 aromatic carbocycles. The second-order valence-electron chi connectivity index (χ2n) is 4.85. The lowest BCUT2D eigenvalue weighted by Gasteiger charge is -2.37. The van der Waals surface area contributed by atoms with E-state index in [4.69, 9.17) is 0 Å². The first-order valence-corrected chi connectivity index (χ1v) is 6.23. The SMILES string of the molecule is Cn1cc(C(=O)N(CCC(F)(F)F)C2CCC2)cn1. The van der Waals surface area contributed by atoms with Gasteiger partial charge < -0.3 is 4.90 Å². The average molecular weight is 275 g/mol. The fourth-order valence-electron chi connectivity index (χ4n) is 2.09. The molecule has 0 saturated heterocycles. The number of alkyl halides is 3. The number of aromatic nitrogens is 2. The Morgan fingerprint density at radius 1 is 1.53 bits per heavy atom. The summed E-state index contributed by atoms with van der Waals surface area (Å²) < 4.78 is 38.4. The van der Waals surface area contributed by atoms with E-state index >= 15 is 0 Å². The van der Waals surface area contributed by atoms with Crippen molar-refractivity contribution < 1.29 is 18.0 Å². The molecule has 0 atom stereocenters. The van der Waals surface area contributed by atoms with Gasteiger partial charge in [-0.2, -0.15) is 18.3 Å². The highest BCUT2D eigenvalue weighted by molar-refractivity contribution is 5.94. The Labute approximate surface area is 109 Å². The van der Waals surface area contributed by atoms with Gasteiger partial charge in [-0.15, -0.1) is 0 Å². The molecule has 1 saturated carbocycles. The molecule has 4 nitrogen and oxygen atoms in total. The number of halogens is 3. The van der Waals surface area contributed by atoms with Gasteiger partial charge in [-0.3, -0.25) is 9.48 Å². The lowest BCUT2D eigenvalue weighted by atomic mass is 9.91. The molecule has 0 aliphatic heterocycles. The predicted molar refractivity (Wildman–Crippen MR) is 62.6 cm³/mol. The number of rotatable bonds is 4. The number of carbonyl (C=O) groups is 1. The Kier molecular flexibility index (Phi) is 3.82. The summed E-state index contributed by atoms with van der Waals surface area (Å²) in [6.07, 6.45) is 0.247. The van der Waals surface area contributed by atoms with Gasteiger partial charge in [0.15, 0.2) is 0 Å². The van der Waals surface area contributed by atoms with Gasteiger partial charge in [-0.1, -0.05) is 0 Å². The molecule has 1 aliphatic carbocycles. The molecule has 0 unspecified atom stereocenters. The van der Waals surface area contributed by atoms with Gasteiger partial charge in [-0.25, -0.2) is 0 Å². The fourth-order valence-corrected chi connectivity index (χ4v) is 2.09. The maximum absolute atomic E-state index is 12.3. The standard InChI is InChI=1S/C12H16F3N3O/c1-17-8-9(7-16-17)11(19)18(10-3-2-4-10)6-5-12(13,14)15/h7-8,10H,2-6H2,1H3. The van der Waals surface area contributed by atoms with Crippen LogP contribution in [0.2, 0.25) is 0 Å². The predicted octanol–water partition coefficient (Wildman–Crippen LogP) is 2.37. The summed E-state index contributed by atoms with van der Waals surface area (Å²) in [6.45, 7) is -0.276. The van der Waals surface area contributed by atoms with Crippen molar-refractivity contribution in [3.05, 3.63) is 18.0 Å². The first-order chi connectivity index (χ1) is 8.87. The van der Waals surface area contributed by atoms with Crippen molar-refractivity contribution in [1.29, 1.82) is 0 Å². The van der Waals surface area contributed by atoms with Crippen molar-refractivity contribution in [2.45, 2.75) is 37.9 Å². The van der Waals surface area contributed by atoms with E-state index < -0.39 is 12.6 Å². The summed E-state index contributed by atoms with van der Waals surface area (Å²) in [5.41, 5.74) is 0.344. The summed E-state index contributed by atoms with van der Waals surface area (Å²) in [5.74, 6) is -0.359. The zero-order valence-electron chi connectivity index (χ0n) is 10.7.